The van der Waals surface area contributed by atoms with Gasteiger partial charge in [-0.2, -0.15) is 13.2 Å². The summed E-state index contributed by atoms with van der Waals surface area (Å²) in [7, 11) is 0. The topological polar surface area (TPSA) is 17.1 Å². The lowest BCUT2D eigenvalue weighted by molar-refractivity contribution is -0.160. The number of rotatable bonds is 4. The summed E-state index contributed by atoms with van der Waals surface area (Å²) in [6, 6.07) is 6.11. The second kappa shape index (κ2) is 6.12. The third-order valence-electron chi connectivity index (χ3n) is 5.29. The summed E-state index contributed by atoms with van der Waals surface area (Å²) in [5.41, 5.74) is -1.13. The van der Waals surface area contributed by atoms with Crippen LogP contribution in [0.1, 0.15) is 60.9 Å². The Morgan fingerprint density at radius 3 is 2.52 bits per heavy atom. The highest BCUT2D eigenvalue weighted by atomic mass is 35.5. The van der Waals surface area contributed by atoms with Crippen LogP contribution >= 0.6 is 11.6 Å². The lowest BCUT2D eigenvalue weighted by atomic mass is 9.83. The molecular weight excluding hydrogens is 325 g/mol. The van der Waals surface area contributed by atoms with E-state index in [-0.39, 0.29) is 35.5 Å². The smallest absolute Gasteiger partial charge is 0.294 e. The summed E-state index contributed by atoms with van der Waals surface area (Å²) in [5, 5.41) is 0.000770. The van der Waals surface area contributed by atoms with Crippen molar-refractivity contribution in [3.63, 3.8) is 0 Å². The van der Waals surface area contributed by atoms with Gasteiger partial charge in [0.15, 0.2) is 5.78 Å². The Morgan fingerprint density at radius 1 is 1.22 bits per heavy atom. The average molecular weight is 345 g/mol. The van der Waals surface area contributed by atoms with Crippen LogP contribution in [0.5, 0.6) is 0 Å². The zero-order chi connectivity index (χ0) is 16.7. The van der Waals surface area contributed by atoms with Crippen LogP contribution in [0.15, 0.2) is 24.3 Å². The van der Waals surface area contributed by atoms with E-state index in [0.717, 1.165) is 25.7 Å². The van der Waals surface area contributed by atoms with Gasteiger partial charge in [-0.3, -0.25) is 4.79 Å². The first-order valence-electron chi connectivity index (χ1n) is 8.18. The second-order valence-corrected chi connectivity index (χ2v) is 7.41. The van der Waals surface area contributed by atoms with Crippen LogP contribution in [0.25, 0.3) is 0 Å². The molecule has 1 aromatic carbocycles. The number of carbonyl (C=O) groups is 1. The van der Waals surface area contributed by atoms with Gasteiger partial charge in [0.25, 0.3) is 0 Å². The lowest BCUT2D eigenvalue weighted by Crippen LogP contribution is -2.29. The number of carbonyl (C=O) groups excluding carboxylic acids is 1. The summed E-state index contributed by atoms with van der Waals surface area (Å²) >= 11 is 6.29. The molecule has 0 unspecified atom stereocenters. The Morgan fingerprint density at radius 2 is 1.91 bits per heavy atom. The number of benzene rings is 1. The fraction of sp³-hybridized carbons (Fsp3) is 0.611. The van der Waals surface area contributed by atoms with Crippen LogP contribution < -0.4 is 0 Å². The molecule has 0 aromatic heterocycles. The standard InChI is InChI=1S/C18H20ClF3O/c19-15-7-2-1-4-12(15)11-16(23)13-5-3-6-14(10-13)17(8-9-17)18(20,21)22/h3,5-6,10,12,15H,1-2,4,7-9,11H2/t12-,15+/m1/s1. The molecule has 23 heavy (non-hydrogen) atoms. The molecule has 2 aliphatic rings. The van der Waals surface area contributed by atoms with Crippen molar-refractivity contribution in [3.05, 3.63) is 35.4 Å². The van der Waals surface area contributed by atoms with Crippen molar-refractivity contribution >= 4 is 17.4 Å². The fourth-order valence-corrected chi connectivity index (χ4v) is 3.97. The molecule has 2 fully saturated rings. The van der Waals surface area contributed by atoms with Gasteiger partial charge in [-0.1, -0.05) is 31.0 Å². The molecule has 0 N–H and O–H groups in total. The number of Topliss-reactive ketones (excluding diaryl/α,β-unsaturated/α-hetero) is 1. The van der Waals surface area contributed by atoms with E-state index in [2.05, 4.69) is 0 Å². The van der Waals surface area contributed by atoms with E-state index in [1.165, 1.54) is 12.1 Å². The van der Waals surface area contributed by atoms with Gasteiger partial charge in [0.1, 0.15) is 0 Å². The van der Waals surface area contributed by atoms with E-state index >= 15 is 0 Å². The van der Waals surface area contributed by atoms with Crippen molar-refractivity contribution in [3.8, 4) is 0 Å². The summed E-state index contributed by atoms with van der Waals surface area (Å²) < 4.78 is 39.7. The van der Waals surface area contributed by atoms with Gasteiger partial charge in [0.05, 0.1) is 5.41 Å². The molecule has 3 rings (SSSR count). The summed E-state index contributed by atoms with van der Waals surface area (Å²) in [6.07, 6.45) is 0.292. The number of alkyl halides is 4. The van der Waals surface area contributed by atoms with E-state index in [1.807, 2.05) is 0 Å². The Labute approximate surface area is 139 Å². The second-order valence-electron chi connectivity index (χ2n) is 6.85. The summed E-state index contributed by atoms with van der Waals surface area (Å²) in [6.45, 7) is 0. The molecule has 0 radical (unpaired) electrons. The van der Waals surface area contributed by atoms with Crippen LogP contribution in [0, 0.1) is 5.92 Å². The van der Waals surface area contributed by atoms with Crippen molar-refractivity contribution in [1.29, 1.82) is 0 Å². The van der Waals surface area contributed by atoms with Crippen LogP contribution in [0.3, 0.4) is 0 Å². The third kappa shape index (κ3) is 3.28. The molecule has 126 valence electrons. The maximum atomic E-state index is 13.2. The van der Waals surface area contributed by atoms with E-state index in [9.17, 15) is 18.0 Å². The van der Waals surface area contributed by atoms with Crippen molar-refractivity contribution in [1.82, 2.24) is 0 Å². The van der Waals surface area contributed by atoms with Crippen molar-refractivity contribution < 1.29 is 18.0 Å². The number of ketones is 1. The molecule has 0 aliphatic heterocycles. The zero-order valence-corrected chi connectivity index (χ0v) is 13.6. The van der Waals surface area contributed by atoms with Crippen molar-refractivity contribution in [2.75, 3.05) is 0 Å². The first kappa shape index (κ1) is 16.8. The van der Waals surface area contributed by atoms with Crippen molar-refractivity contribution in [2.45, 2.75) is 61.9 Å². The van der Waals surface area contributed by atoms with Gasteiger partial charge >= 0.3 is 6.18 Å². The van der Waals surface area contributed by atoms with Crippen LogP contribution in [-0.2, 0) is 5.41 Å². The van der Waals surface area contributed by atoms with Gasteiger partial charge in [0.2, 0.25) is 0 Å². The Kier molecular flexibility index (Phi) is 4.47. The molecule has 0 heterocycles. The molecule has 2 aliphatic carbocycles. The van der Waals surface area contributed by atoms with E-state index in [0.29, 0.717) is 12.0 Å². The first-order valence-corrected chi connectivity index (χ1v) is 8.62. The van der Waals surface area contributed by atoms with Crippen LogP contribution in [0.4, 0.5) is 13.2 Å². The monoisotopic (exact) mass is 344 g/mol. The van der Waals surface area contributed by atoms with Crippen LogP contribution in [-0.4, -0.2) is 17.3 Å². The van der Waals surface area contributed by atoms with E-state index in [1.54, 1.807) is 12.1 Å². The van der Waals surface area contributed by atoms with Gasteiger partial charge in [-0.05, 0) is 43.2 Å². The predicted octanol–water partition coefficient (Wildman–Crippen LogP) is 5.65. The van der Waals surface area contributed by atoms with Crippen molar-refractivity contribution in [2.24, 2.45) is 5.92 Å². The molecule has 0 spiro atoms. The molecule has 1 nitrogen and oxygen atoms in total. The first-order chi connectivity index (χ1) is 10.8. The normalized spacial score (nSPS) is 26.8. The zero-order valence-electron chi connectivity index (χ0n) is 12.8. The minimum absolute atomic E-state index is 0.000770. The molecule has 2 atom stereocenters. The van der Waals surface area contributed by atoms with Gasteiger partial charge in [-0.25, -0.2) is 0 Å². The maximum Gasteiger partial charge on any atom is 0.398 e. The molecule has 0 amide bonds. The molecular formula is C18H20ClF3O. The molecule has 5 heteroatoms. The Hall–Kier alpha value is -1.03. The quantitative estimate of drug-likeness (QED) is 0.509. The highest BCUT2D eigenvalue weighted by molar-refractivity contribution is 6.21. The third-order valence-corrected chi connectivity index (χ3v) is 5.87. The highest BCUT2D eigenvalue weighted by Crippen LogP contribution is 2.58. The Bertz CT molecular complexity index is 592. The minimum atomic E-state index is -4.25. The fourth-order valence-electron chi connectivity index (χ4n) is 3.60. The predicted molar refractivity (Wildman–Crippen MR) is 84.0 cm³/mol. The summed E-state index contributed by atoms with van der Waals surface area (Å²) in [5.74, 6) is 0.0430. The van der Waals surface area contributed by atoms with E-state index in [4.69, 9.17) is 11.6 Å². The lowest BCUT2D eigenvalue weighted by Gasteiger charge is -2.26. The van der Waals surface area contributed by atoms with Crippen LogP contribution in [0.2, 0.25) is 0 Å². The van der Waals surface area contributed by atoms with Gasteiger partial charge in [0, 0.05) is 17.4 Å². The maximum absolute atomic E-state index is 13.2. The Balaban J connectivity index is 1.76. The molecule has 2 saturated carbocycles. The largest absolute Gasteiger partial charge is 0.398 e. The number of hydrogen-bond acceptors (Lipinski definition) is 1. The van der Waals surface area contributed by atoms with Gasteiger partial charge in [-0.15, -0.1) is 11.6 Å². The number of halogens is 4. The van der Waals surface area contributed by atoms with E-state index < -0.39 is 11.6 Å². The molecule has 1 aromatic rings. The molecule has 0 saturated heterocycles. The number of hydrogen-bond donors (Lipinski definition) is 0. The average Bonchev–Trinajstić information content (AvgIpc) is 3.31. The summed E-state index contributed by atoms with van der Waals surface area (Å²) in [4.78, 5) is 12.5. The minimum Gasteiger partial charge on any atom is -0.294 e. The van der Waals surface area contributed by atoms with Gasteiger partial charge < -0.3 is 0 Å². The highest BCUT2D eigenvalue weighted by Gasteiger charge is 2.64. The SMILES string of the molecule is O=C(C[C@H]1CCCC[C@@H]1Cl)c1cccc(C2(C(F)(F)F)CC2)c1. The molecule has 0 bridgehead atoms.